The number of ether oxygens (including phenoxy) is 1. The fraction of sp³-hybridized carbons (Fsp3) is 0.864. The van der Waals surface area contributed by atoms with Crippen LogP contribution in [0.3, 0.4) is 0 Å². The molecule has 0 rings (SSSR count). The summed E-state index contributed by atoms with van der Waals surface area (Å²) in [4.78, 5) is 11.2. The van der Waals surface area contributed by atoms with Gasteiger partial charge < -0.3 is 4.74 Å². The van der Waals surface area contributed by atoms with E-state index in [1.807, 2.05) is 0 Å². The number of carbonyl (C=O) groups is 1. The molecular formula is C22H42O2. The van der Waals surface area contributed by atoms with Crippen molar-refractivity contribution in [1.82, 2.24) is 0 Å². The zero-order valence-corrected chi connectivity index (χ0v) is 16.5. The van der Waals surface area contributed by atoms with Gasteiger partial charge in [0.2, 0.25) is 0 Å². The van der Waals surface area contributed by atoms with Gasteiger partial charge in [-0.25, -0.2) is 4.79 Å². The van der Waals surface area contributed by atoms with Gasteiger partial charge in [-0.15, -0.1) is 0 Å². The van der Waals surface area contributed by atoms with Crippen molar-refractivity contribution in [1.29, 1.82) is 0 Å². The highest BCUT2D eigenvalue weighted by atomic mass is 16.5. The molecule has 0 bridgehead atoms. The molecular weight excluding hydrogens is 296 g/mol. The van der Waals surface area contributed by atoms with Crippen LogP contribution in [0.1, 0.15) is 117 Å². The van der Waals surface area contributed by atoms with Gasteiger partial charge in [0.25, 0.3) is 0 Å². The molecule has 0 saturated carbocycles. The highest BCUT2D eigenvalue weighted by molar-refractivity contribution is 5.86. The van der Waals surface area contributed by atoms with E-state index in [4.69, 9.17) is 4.74 Å². The predicted octanol–water partition coefficient (Wildman–Crippen LogP) is 7.37. The summed E-state index contributed by atoms with van der Waals surface area (Å²) in [6, 6.07) is 0. The van der Waals surface area contributed by atoms with Crippen LogP contribution in [0.4, 0.5) is 0 Å². The summed E-state index contributed by atoms with van der Waals surface area (Å²) < 4.78 is 5.08. The Hall–Kier alpha value is -0.790. The van der Waals surface area contributed by atoms with Crippen LogP contribution in [0.5, 0.6) is 0 Å². The van der Waals surface area contributed by atoms with Crippen LogP contribution in [-0.4, -0.2) is 12.6 Å². The van der Waals surface area contributed by atoms with Crippen LogP contribution in [-0.2, 0) is 9.53 Å². The van der Waals surface area contributed by atoms with Crippen molar-refractivity contribution in [2.45, 2.75) is 117 Å². The lowest BCUT2D eigenvalue weighted by molar-refractivity contribution is -0.139. The largest absolute Gasteiger partial charge is 0.462 e. The maximum Gasteiger partial charge on any atom is 0.333 e. The number of unbranched alkanes of at least 4 members (excludes halogenated alkanes) is 15. The molecule has 0 aromatic heterocycles. The van der Waals surface area contributed by atoms with Crippen LogP contribution < -0.4 is 0 Å². The topological polar surface area (TPSA) is 26.3 Å². The molecule has 0 unspecified atom stereocenters. The van der Waals surface area contributed by atoms with Gasteiger partial charge in [-0.3, -0.25) is 0 Å². The molecule has 0 fully saturated rings. The fourth-order valence-corrected chi connectivity index (χ4v) is 2.94. The van der Waals surface area contributed by atoms with Crippen molar-refractivity contribution in [2.24, 2.45) is 0 Å². The van der Waals surface area contributed by atoms with Gasteiger partial charge in [-0.1, -0.05) is 110 Å². The first-order valence-electron chi connectivity index (χ1n) is 10.5. The standard InChI is InChI=1S/C22H42O2/c1-4-5-6-7-8-9-10-11-12-13-14-15-16-17-18-19-20-24-22(23)21(2)3/h2,4-20H2,1,3H3. The number of hydrogen-bond donors (Lipinski definition) is 0. The van der Waals surface area contributed by atoms with E-state index in [-0.39, 0.29) is 5.97 Å². The minimum absolute atomic E-state index is 0.254. The Morgan fingerprint density at radius 3 is 1.33 bits per heavy atom. The quantitative estimate of drug-likeness (QED) is 0.148. The number of carbonyl (C=O) groups excluding carboxylic acids is 1. The molecule has 0 saturated heterocycles. The third-order valence-electron chi connectivity index (χ3n) is 4.58. The van der Waals surface area contributed by atoms with Gasteiger partial charge >= 0.3 is 5.97 Å². The van der Waals surface area contributed by atoms with Crippen LogP contribution in [0.15, 0.2) is 12.2 Å². The Kier molecular flexibility index (Phi) is 17.9. The first-order valence-corrected chi connectivity index (χ1v) is 10.5. The van der Waals surface area contributed by atoms with Gasteiger partial charge in [0.05, 0.1) is 6.61 Å². The Morgan fingerprint density at radius 2 is 1.00 bits per heavy atom. The summed E-state index contributed by atoms with van der Waals surface area (Å²) in [5, 5.41) is 0. The molecule has 0 aromatic rings. The summed E-state index contributed by atoms with van der Waals surface area (Å²) in [7, 11) is 0. The Morgan fingerprint density at radius 1 is 0.667 bits per heavy atom. The summed E-state index contributed by atoms with van der Waals surface area (Å²) in [5.74, 6) is -0.254. The lowest BCUT2D eigenvalue weighted by Crippen LogP contribution is -2.05. The number of rotatable bonds is 18. The van der Waals surface area contributed by atoms with Crippen LogP contribution >= 0.6 is 0 Å². The van der Waals surface area contributed by atoms with Crippen molar-refractivity contribution in [3.05, 3.63) is 12.2 Å². The highest BCUT2D eigenvalue weighted by Gasteiger charge is 2.01. The Labute approximate surface area is 151 Å². The van der Waals surface area contributed by atoms with Crippen molar-refractivity contribution in [3.63, 3.8) is 0 Å². The molecule has 0 heterocycles. The molecule has 0 N–H and O–H groups in total. The highest BCUT2D eigenvalue weighted by Crippen LogP contribution is 2.13. The van der Waals surface area contributed by atoms with Crippen molar-refractivity contribution < 1.29 is 9.53 Å². The molecule has 0 amide bonds. The number of esters is 1. The minimum Gasteiger partial charge on any atom is -0.462 e. The smallest absolute Gasteiger partial charge is 0.333 e. The third kappa shape index (κ3) is 17.6. The second kappa shape index (κ2) is 18.5. The van der Waals surface area contributed by atoms with E-state index in [2.05, 4.69) is 13.5 Å². The molecule has 0 aliphatic rings. The molecule has 0 spiro atoms. The Balaban J connectivity index is 3.05. The summed E-state index contributed by atoms with van der Waals surface area (Å²) in [6.45, 7) is 8.09. The summed E-state index contributed by atoms with van der Waals surface area (Å²) >= 11 is 0. The second-order valence-corrected chi connectivity index (χ2v) is 7.22. The maximum absolute atomic E-state index is 11.2. The van der Waals surface area contributed by atoms with E-state index < -0.39 is 0 Å². The second-order valence-electron chi connectivity index (χ2n) is 7.22. The van der Waals surface area contributed by atoms with Crippen molar-refractivity contribution in [2.75, 3.05) is 6.61 Å². The molecule has 0 aliphatic heterocycles. The normalized spacial score (nSPS) is 10.8. The fourth-order valence-electron chi connectivity index (χ4n) is 2.94. The van der Waals surface area contributed by atoms with Gasteiger partial charge in [0.15, 0.2) is 0 Å². The van der Waals surface area contributed by atoms with Gasteiger partial charge in [0, 0.05) is 5.57 Å². The average molecular weight is 339 g/mol. The van der Waals surface area contributed by atoms with E-state index in [9.17, 15) is 4.79 Å². The van der Waals surface area contributed by atoms with Gasteiger partial charge in [0.1, 0.15) is 0 Å². The molecule has 2 heteroatoms. The molecule has 0 aliphatic carbocycles. The first kappa shape index (κ1) is 23.2. The monoisotopic (exact) mass is 338 g/mol. The SMILES string of the molecule is C=C(C)C(=O)OCCCCCCCCCCCCCCCCCC. The molecule has 0 radical (unpaired) electrons. The van der Waals surface area contributed by atoms with E-state index in [0.29, 0.717) is 12.2 Å². The maximum atomic E-state index is 11.2. The summed E-state index contributed by atoms with van der Waals surface area (Å²) in [6.07, 6.45) is 21.7. The molecule has 2 nitrogen and oxygen atoms in total. The van der Waals surface area contributed by atoms with Crippen LogP contribution in [0, 0.1) is 0 Å². The van der Waals surface area contributed by atoms with E-state index in [1.165, 1.54) is 96.3 Å². The average Bonchev–Trinajstić information content (AvgIpc) is 2.57. The van der Waals surface area contributed by atoms with Crippen molar-refractivity contribution >= 4 is 5.97 Å². The lowest BCUT2D eigenvalue weighted by atomic mass is 10.0. The van der Waals surface area contributed by atoms with E-state index in [0.717, 1.165) is 6.42 Å². The van der Waals surface area contributed by atoms with E-state index in [1.54, 1.807) is 6.92 Å². The molecule has 142 valence electrons. The lowest BCUT2D eigenvalue weighted by Gasteiger charge is -2.05. The predicted molar refractivity (Wildman–Crippen MR) is 105 cm³/mol. The summed E-state index contributed by atoms with van der Waals surface area (Å²) in [5.41, 5.74) is 0.492. The molecule has 0 aromatic carbocycles. The minimum atomic E-state index is -0.254. The van der Waals surface area contributed by atoms with Crippen LogP contribution in [0.2, 0.25) is 0 Å². The van der Waals surface area contributed by atoms with E-state index >= 15 is 0 Å². The third-order valence-corrected chi connectivity index (χ3v) is 4.58. The van der Waals surface area contributed by atoms with Gasteiger partial charge in [-0.2, -0.15) is 0 Å². The van der Waals surface area contributed by atoms with Gasteiger partial charge in [-0.05, 0) is 13.3 Å². The zero-order chi connectivity index (χ0) is 17.9. The first-order chi connectivity index (χ1) is 11.7. The molecule has 0 atom stereocenters. The zero-order valence-electron chi connectivity index (χ0n) is 16.5. The Bertz CT molecular complexity index is 296. The van der Waals surface area contributed by atoms with Crippen LogP contribution in [0.25, 0.3) is 0 Å². The number of hydrogen-bond acceptors (Lipinski definition) is 2. The molecule has 24 heavy (non-hydrogen) atoms. The van der Waals surface area contributed by atoms with Crippen molar-refractivity contribution in [3.8, 4) is 0 Å².